The van der Waals surface area contributed by atoms with Crippen LogP contribution in [0.3, 0.4) is 0 Å². The van der Waals surface area contributed by atoms with Crippen molar-refractivity contribution >= 4 is 23.2 Å². The molecular formula is C11H17N3O3S. The van der Waals surface area contributed by atoms with E-state index < -0.39 is 5.97 Å². The highest BCUT2D eigenvalue weighted by atomic mass is 32.1. The molecule has 0 saturated heterocycles. The molecule has 0 aliphatic heterocycles. The van der Waals surface area contributed by atoms with E-state index >= 15 is 0 Å². The Hall–Kier alpha value is -1.47. The molecule has 100 valence electrons. The lowest BCUT2D eigenvalue weighted by Crippen LogP contribution is -2.40. The predicted octanol–water partition coefficient (Wildman–Crippen LogP) is 0.579. The Labute approximate surface area is 109 Å². The number of amides is 1. The van der Waals surface area contributed by atoms with Crippen LogP contribution in [-0.4, -0.2) is 46.0 Å². The molecule has 0 aromatic carbocycles. The molecule has 0 radical (unpaired) electrons. The zero-order chi connectivity index (χ0) is 13.7. The van der Waals surface area contributed by atoms with E-state index in [0.29, 0.717) is 18.7 Å². The van der Waals surface area contributed by atoms with E-state index in [1.165, 1.54) is 16.2 Å². The molecule has 1 aromatic heterocycles. The van der Waals surface area contributed by atoms with Crippen LogP contribution in [0.1, 0.15) is 29.3 Å². The predicted molar refractivity (Wildman–Crippen MR) is 68.7 cm³/mol. The molecule has 1 amide bonds. The summed E-state index contributed by atoms with van der Waals surface area (Å²) in [5.74, 6) is -1.39. The van der Waals surface area contributed by atoms with Crippen LogP contribution >= 0.6 is 11.3 Å². The van der Waals surface area contributed by atoms with Gasteiger partial charge < -0.3 is 15.7 Å². The van der Waals surface area contributed by atoms with Gasteiger partial charge in [0.15, 0.2) is 0 Å². The van der Waals surface area contributed by atoms with E-state index in [2.05, 4.69) is 4.98 Å². The Morgan fingerprint density at radius 1 is 1.56 bits per heavy atom. The fraction of sp³-hybridized carbons (Fsp3) is 0.545. The summed E-state index contributed by atoms with van der Waals surface area (Å²) >= 11 is 1.36. The summed E-state index contributed by atoms with van der Waals surface area (Å²) in [5, 5.41) is 11.2. The molecule has 0 fully saturated rings. The first-order valence-corrected chi connectivity index (χ1v) is 6.51. The number of nitrogens with zero attached hydrogens (tertiary/aromatic N) is 2. The highest BCUT2D eigenvalue weighted by molar-refractivity contribution is 7.09. The highest BCUT2D eigenvalue weighted by Crippen LogP contribution is 2.13. The first-order valence-electron chi connectivity index (χ1n) is 5.63. The molecule has 0 aliphatic carbocycles. The van der Waals surface area contributed by atoms with Gasteiger partial charge in [0.25, 0.3) is 5.91 Å². The van der Waals surface area contributed by atoms with Gasteiger partial charge in [-0.15, -0.1) is 11.3 Å². The number of thiazole rings is 1. The number of carbonyl (C=O) groups is 2. The lowest BCUT2D eigenvalue weighted by Gasteiger charge is -2.23. The summed E-state index contributed by atoms with van der Waals surface area (Å²) in [6.07, 6.45) is 0.624. The number of carboxylic acids is 1. The van der Waals surface area contributed by atoms with Gasteiger partial charge in [-0.1, -0.05) is 0 Å². The van der Waals surface area contributed by atoms with Crippen LogP contribution in [0.2, 0.25) is 0 Å². The third-order valence-electron chi connectivity index (χ3n) is 2.32. The van der Waals surface area contributed by atoms with Crippen LogP contribution in [-0.2, 0) is 11.2 Å². The number of aliphatic carboxylic acids is 1. The summed E-state index contributed by atoms with van der Waals surface area (Å²) in [6, 6.07) is -0.187. The Morgan fingerprint density at radius 2 is 2.22 bits per heavy atom. The van der Waals surface area contributed by atoms with Crippen molar-refractivity contribution in [3.8, 4) is 0 Å². The minimum atomic E-state index is -1.03. The lowest BCUT2D eigenvalue weighted by molar-refractivity contribution is -0.138. The molecular weight excluding hydrogens is 254 g/mol. The van der Waals surface area contributed by atoms with Gasteiger partial charge in [0, 0.05) is 17.8 Å². The number of carboxylic acid groups (broad SMARTS) is 1. The quantitative estimate of drug-likeness (QED) is 0.789. The minimum Gasteiger partial charge on any atom is -0.480 e. The maximum absolute atomic E-state index is 12.1. The fourth-order valence-electron chi connectivity index (χ4n) is 1.43. The monoisotopic (exact) mass is 271 g/mol. The van der Waals surface area contributed by atoms with Crippen LogP contribution < -0.4 is 5.73 Å². The SMILES string of the molecule is CC(C)N(CC(=O)O)C(=O)c1csc(CCN)n1. The second-order valence-corrected chi connectivity index (χ2v) is 5.03. The van der Waals surface area contributed by atoms with E-state index in [1.54, 1.807) is 19.2 Å². The molecule has 18 heavy (non-hydrogen) atoms. The number of aromatic nitrogens is 1. The van der Waals surface area contributed by atoms with Gasteiger partial charge in [-0.05, 0) is 20.4 Å². The molecule has 0 spiro atoms. The van der Waals surface area contributed by atoms with Crippen LogP contribution in [0.5, 0.6) is 0 Å². The van der Waals surface area contributed by atoms with E-state index in [1.807, 2.05) is 0 Å². The standard InChI is InChI=1S/C11H17N3O3S/c1-7(2)14(5-10(15)16)11(17)8-6-18-9(13-8)3-4-12/h6-7H,3-5,12H2,1-2H3,(H,15,16). The zero-order valence-corrected chi connectivity index (χ0v) is 11.2. The lowest BCUT2D eigenvalue weighted by atomic mass is 10.3. The maximum atomic E-state index is 12.1. The van der Waals surface area contributed by atoms with Crippen LogP contribution in [0.25, 0.3) is 0 Å². The summed E-state index contributed by atoms with van der Waals surface area (Å²) in [5.41, 5.74) is 5.70. The van der Waals surface area contributed by atoms with E-state index in [0.717, 1.165) is 5.01 Å². The van der Waals surface area contributed by atoms with Crippen molar-refractivity contribution in [1.82, 2.24) is 9.88 Å². The van der Waals surface area contributed by atoms with E-state index in [4.69, 9.17) is 10.8 Å². The van der Waals surface area contributed by atoms with Gasteiger partial charge in [-0.3, -0.25) is 9.59 Å². The molecule has 0 saturated carbocycles. The minimum absolute atomic E-state index is 0.187. The smallest absolute Gasteiger partial charge is 0.323 e. The molecule has 0 bridgehead atoms. The molecule has 0 atom stereocenters. The second kappa shape index (κ2) is 6.46. The first kappa shape index (κ1) is 14.6. The number of hydrogen-bond acceptors (Lipinski definition) is 5. The third-order valence-corrected chi connectivity index (χ3v) is 3.23. The van der Waals surface area contributed by atoms with Crippen molar-refractivity contribution in [2.45, 2.75) is 26.3 Å². The highest BCUT2D eigenvalue weighted by Gasteiger charge is 2.23. The molecule has 6 nitrogen and oxygen atoms in total. The average molecular weight is 271 g/mol. The number of hydrogen-bond donors (Lipinski definition) is 2. The van der Waals surface area contributed by atoms with Crippen molar-refractivity contribution in [3.63, 3.8) is 0 Å². The van der Waals surface area contributed by atoms with Crippen molar-refractivity contribution in [1.29, 1.82) is 0 Å². The van der Waals surface area contributed by atoms with E-state index in [9.17, 15) is 9.59 Å². The summed E-state index contributed by atoms with van der Waals surface area (Å²) in [4.78, 5) is 28.3. The van der Waals surface area contributed by atoms with Gasteiger partial charge in [-0.25, -0.2) is 4.98 Å². The Balaban J connectivity index is 2.84. The van der Waals surface area contributed by atoms with Crippen LogP contribution in [0.4, 0.5) is 0 Å². The fourth-order valence-corrected chi connectivity index (χ4v) is 2.22. The van der Waals surface area contributed by atoms with Gasteiger partial charge in [0.2, 0.25) is 0 Å². The normalized spacial score (nSPS) is 10.7. The van der Waals surface area contributed by atoms with Crippen molar-refractivity contribution in [3.05, 3.63) is 16.1 Å². The molecule has 1 heterocycles. The molecule has 1 rings (SSSR count). The molecule has 7 heteroatoms. The number of carbonyl (C=O) groups excluding carboxylic acids is 1. The molecule has 3 N–H and O–H groups in total. The third kappa shape index (κ3) is 3.78. The zero-order valence-electron chi connectivity index (χ0n) is 10.4. The number of nitrogens with two attached hydrogens (primary N) is 1. The van der Waals surface area contributed by atoms with Gasteiger partial charge >= 0.3 is 5.97 Å². The Bertz CT molecular complexity index is 431. The van der Waals surface area contributed by atoms with Crippen LogP contribution in [0, 0.1) is 0 Å². The molecule has 0 unspecified atom stereocenters. The van der Waals surface area contributed by atoms with Gasteiger partial charge in [-0.2, -0.15) is 0 Å². The van der Waals surface area contributed by atoms with E-state index in [-0.39, 0.29) is 18.5 Å². The molecule has 1 aromatic rings. The van der Waals surface area contributed by atoms with Crippen molar-refractivity contribution in [2.24, 2.45) is 5.73 Å². The topological polar surface area (TPSA) is 96.5 Å². The largest absolute Gasteiger partial charge is 0.480 e. The average Bonchev–Trinajstić information content (AvgIpc) is 2.73. The van der Waals surface area contributed by atoms with Crippen molar-refractivity contribution in [2.75, 3.05) is 13.1 Å². The van der Waals surface area contributed by atoms with Crippen molar-refractivity contribution < 1.29 is 14.7 Å². The van der Waals surface area contributed by atoms with Gasteiger partial charge in [0.05, 0.1) is 5.01 Å². The Kier molecular flexibility index (Phi) is 5.24. The van der Waals surface area contributed by atoms with Gasteiger partial charge in [0.1, 0.15) is 12.2 Å². The second-order valence-electron chi connectivity index (χ2n) is 4.09. The van der Waals surface area contributed by atoms with Crippen LogP contribution in [0.15, 0.2) is 5.38 Å². The summed E-state index contributed by atoms with van der Waals surface area (Å²) in [7, 11) is 0. The summed E-state index contributed by atoms with van der Waals surface area (Å²) in [6.45, 7) is 3.70. The summed E-state index contributed by atoms with van der Waals surface area (Å²) < 4.78 is 0. The first-order chi connectivity index (χ1) is 8.45. The Morgan fingerprint density at radius 3 is 2.72 bits per heavy atom. The number of rotatable bonds is 6. The maximum Gasteiger partial charge on any atom is 0.323 e. The molecule has 0 aliphatic rings.